The number of hydrogen-bond acceptors (Lipinski definition) is 7. The van der Waals surface area contributed by atoms with Crippen LogP contribution >= 0.6 is 0 Å². The number of pyridine rings is 1. The first kappa shape index (κ1) is 23.4. The van der Waals surface area contributed by atoms with Crippen molar-refractivity contribution in [2.75, 3.05) is 29.5 Å². The van der Waals surface area contributed by atoms with E-state index >= 15 is 0 Å². The standard InChI is InChI=1S/C24H23F3N6O/c1-16-3-5-21(17(11-16)12-28)32-9-7-20-19(14-32)23(31-15-30-20)33(8-2-10-34)18-4-6-22(29-13-18)24(25,26)27/h3-6,11,13,15,34H,2,7-10,14H2,1H3. The van der Waals surface area contributed by atoms with Gasteiger partial charge in [0, 0.05) is 38.2 Å². The number of fused-ring (bicyclic) bond motifs is 1. The van der Waals surface area contributed by atoms with Gasteiger partial charge < -0.3 is 14.9 Å². The molecule has 0 fully saturated rings. The molecule has 7 nitrogen and oxygen atoms in total. The Balaban J connectivity index is 1.72. The van der Waals surface area contributed by atoms with Gasteiger partial charge in [-0.2, -0.15) is 18.4 Å². The summed E-state index contributed by atoms with van der Waals surface area (Å²) in [7, 11) is 0. The molecule has 1 aliphatic rings. The van der Waals surface area contributed by atoms with E-state index in [9.17, 15) is 23.5 Å². The summed E-state index contributed by atoms with van der Waals surface area (Å²) in [5.41, 5.74) is 3.52. The topological polar surface area (TPSA) is 89.2 Å². The van der Waals surface area contributed by atoms with Gasteiger partial charge in [0.15, 0.2) is 0 Å². The van der Waals surface area contributed by atoms with E-state index in [1.807, 2.05) is 25.1 Å². The molecule has 0 saturated carbocycles. The summed E-state index contributed by atoms with van der Waals surface area (Å²) in [5.74, 6) is 0.551. The van der Waals surface area contributed by atoms with Crippen molar-refractivity contribution < 1.29 is 18.3 Å². The lowest BCUT2D eigenvalue weighted by molar-refractivity contribution is -0.141. The first-order chi connectivity index (χ1) is 16.3. The molecule has 0 atom stereocenters. The van der Waals surface area contributed by atoms with Crippen molar-refractivity contribution in [3.8, 4) is 6.07 Å². The summed E-state index contributed by atoms with van der Waals surface area (Å²) in [6.07, 6.45) is -0.902. The Morgan fingerprint density at radius 2 is 2.00 bits per heavy atom. The monoisotopic (exact) mass is 468 g/mol. The number of benzene rings is 1. The Kier molecular flexibility index (Phi) is 6.65. The number of nitrogens with zero attached hydrogens (tertiary/aromatic N) is 6. The largest absolute Gasteiger partial charge is 0.433 e. The van der Waals surface area contributed by atoms with Crippen LogP contribution in [-0.2, 0) is 19.1 Å². The number of aliphatic hydroxyl groups is 1. The highest BCUT2D eigenvalue weighted by atomic mass is 19.4. The third-order valence-electron chi connectivity index (χ3n) is 5.74. The smallest absolute Gasteiger partial charge is 0.396 e. The minimum atomic E-state index is -4.53. The number of nitriles is 1. The molecule has 0 saturated heterocycles. The Bertz CT molecular complexity index is 1210. The Morgan fingerprint density at radius 3 is 2.68 bits per heavy atom. The van der Waals surface area contributed by atoms with Crippen LogP contribution in [0, 0.1) is 18.3 Å². The Morgan fingerprint density at radius 1 is 1.18 bits per heavy atom. The number of alkyl halides is 3. The summed E-state index contributed by atoms with van der Waals surface area (Å²) >= 11 is 0. The van der Waals surface area contributed by atoms with Crippen molar-refractivity contribution >= 4 is 17.2 Å². The predicted molar refractivity (Wildman–Crippen MR) is 121 cm³/mol. The van der Waals surface area contributed by atoms with E-state index in [4.69, 9.17) is 0 Å². The van der Waals surface area contributed by atoms with Crippen LogP contribution in [0.4, 0.5) is 30.4 Å². The average Bonchev–Trinajstić information content (AvgIpc) is 2.83. The summed E-state index contributed by atoms with van der Waals surface area (Å²) in [6.45, 7) is 3.28. The van der Waals surface area contributed by atoms with Crippen LogP contribution in [0.15, 0.2) is 42.9 Å². The third kappa shape index (κ3) is 4.79. The van der Waals surface area contributed by atoms with E-state index in [0.717, 1.165) is 28.6 Å². The average molecular weight is 468 g/mol. The van der Waals surface area contributed by atoms with Crippen LogP contribution < -0.4 is 9.80 Å². The van der Waals surface area contributed by atoms with Crippen molar-refractivity contribution in [3.63, 3.8) is 0 Å². The first-order valence-corrected chi connectivity index (χ1v) is 10.8. The van der Waals surface area contributed by atoms with Crippen LogP contribution in [-0.4, -0.2) is 39.8 Å². The van der Waals surface area contributed by atoms with Crippen molar-refractivity contribution in [2.45, 2.75) is 32.5 Å². The molecule has 34 heavy (non-hydrogen) atoms. The van der Waals surface area contributed by atoms with Gasteiger partial charge in [-0.05, 0) is 43.2 Å². The van der Waals surface area contributed by atoms with Gasteiger partial charge in [0.2, 0.25) is 0 Å². The summed E-state index contributed by atoms with van der Waals surface area (Å²) in [6, 6.07) is 10.3. The van der Waals surface area contributed by atoms with Crippen LogP contribution in [0.5, 0.6) is 0 Å². The normalized spacial score (nSPS) is 13.4. The molecule has 0 unspecified atom stereocenters. The third-order valence-corrected chi connectivity index (χ3v) is 5.74. The molecule has 0 radical (unpaired) electrons. The fraction of sp³-hybridized carbons (Fsp3) is 0.333. The Labute approximate surface area is 195 Å². The van der Waals surface area contributed by atoms with Gasteiger partial charge in [-0.3, -0.25) is 0 Å². The minimum absolute atomic E-state index is 0.0845. The second-order valence-electron chi connectivity index (χ2n) is 8.05. The number of rotatable bonds is 6. The molecular formula is C24H23F3N6O. The molecule has 10 heteroatoms. The maximum Gasteiger partial charge on any atom is 0.433 e. The fourth-order valence-electron chi connectivity index (χ4n) is 4.08. The van der Waals surface area contributed by atoms with Gasteiger partial charge in [0.25, 0.3) is 0 Å². The zero-order valence-electron chi connectivity index (χ0n) is 18.5. The molecule has 0 aliphatic carbocycles. The number of halogens is 3. The number of anilines is 3. The number of aryl methyl sites for hydroxylation is 1. The molecule has 1 aliphatic heterocycles. The van der Waals surface area contributed by atoms with Gasteiger partial charge in [-0.25, -0.2) is 15.0 Å². The van der Waals surface area contributed by atoms with E-state index in [-0.39, 0.29) is 6.61 Å². The number of aliphatic hydroxyl groups excluding tert-OH is 1. The van der Waals surface area contributed by atoms with Crippen molar-refractivity contribution in [3.05, 3.63) is 70.9 Å². The second kappa shape index (κ2) is 9.65. The van der Waals surface area contributed by atoms with E-state index in [1.54, 1.807) is 4.90 Å². The minimum Gasteiger partial charge on any atom is -0.396 e. The molecule has 176 valence electrons. The lowest BCUT2D eigenvalue weighted by atomic mass is 10.0. The zero-order chi connectivity index (χ0) is 24.3. The molecule has 3 aromatic rings. The summed E-state index contributed by atoms with van der Waals surface area (Å²) in [4.78, 5) is 16.3. The molecule has 0 bridgehead atoms. The van der Waals surface area contributed by atoms with E-state index in [1.165, 1.54) is 18.6 Å². The van der Waals surface area contributed by atoms with E-state index in [2.05, 4.69) is 25.9 Å². The molecule has 1 aromatic carbocycles. The van der Waals surface area contributed by atoms with Crippen LogP contribution in [0.1, 0.15) is 34.5 Å². The second-order valence-corrected chi connectivity index (χ2v) is 8.05. The van der Waals surface area contributed by atoms with Crippen molar-refractivity contribution in [2.24, 2.45) is 0 Å². The van der Waals surface area contributed by atoms with Gasteiger partial charge in [-0.15, -0.1) is 0 Å². The number of hydrogen-bond donors (Lipinski definition) is 1. The number of aromatic nitrogens is 3. The molecule has 0 spiro atoms. The Hall–Kier alpha value is -3.71. The summed E-state index contributed by atoms with van der Waals surface area (Å²) < 4.78 is 39.0. The first-order valence-electron chi connectivity index (χ1n) is 10.8. The maximum atomic E-state index is 13.0. The highest BCUT2D eigenvalue weighted by Gasteiger charge is 2.32. The van der Waals surface area contributed by atoms with E-state index < -0.39 is 11.9 Å². The highest BCUT2D eigenvalue weighted by molar-refractivity contribution is 5.66. The summed E-state index contributed by atoms with van der Waals surface area (Å²) in [5, 5.41) is 19.0. The molecular weight excluding hydrogens is 445 g/mol. The molecule has 4 rings (SSSR count). The zero-order valence-corrected chi connectivity index (χ0v) is 18.5. The molecule has 2 aromatic heterocycles. The van der Waals surface area contributed by atoms with Gasteiger partial charge in [0.05, 0.1) is 28.8 Å². The molecule has 1 N–H and O–H groups in total. The predicted octanol–water partition coefficient (Wildman–Crippen LogP) is 4.15. The maximum absolute atomic E-state index is 13.0. The van der Waals surface area contributed by atoms with Gasteiger partial charge in [-0.1, -0.05) is 6.07 Å². The molecule has 3 heterocycles. The highest BCUT2D eigenvalue weighted by Crippen LogP contribution is 2.35. The quantitative estimate of drug-likeness (QED) is 0.581. The SMILES string of the molecule is Cc1ccc(N2CCc3ncnc(N(CCCO)c4ccc(C(F)(F)F)nc4)c3C2)c(C#N)c1. The molecule has 0 amide bonds. The lowest BCUT2D eigenvalue weighted by Gasteiger charge is -2.34. The van der Waals surface area contributed by atoms with Crippen LogP contribution in [0.2, 0.25) is 0 Å². The lowest BCUT2D eigenvalue weighted by Crippen LogP contribution is -2.34. The van der Waals surface area contributed by atoms with Crippen molar-refractivity contribution in [1.29, 1.82) is 5.26 Å². The van der Waals surface area contributed by atoms with Crippen molar-refractivity contribution in [1.82, 2.24) is 15.0 Å². The van der Waals surface area contributed by atoms with E-state index in [0.29, 0.717) is 49.5 Å². The van der Waals surface area contributed by atoms with Crippen LogP contribution in [0.25, 0.3) is 0 Å². The fourth-order valence-corrected chi connectivity index (χ4v) is 4.08. The van der Waals surface area contributed by atoms with Gasteiger partial charge >= 0.3 is 6.18 Å². The van der Waals surface area contributed by atoms with Gasteiger partial charge in [0.1, 0.15) is 23.9 Å². The van der Waals surface area contributed by atoms with Crippen LogP contribution in [0.3, 0.4) is 0 Å².